The molecule has 1 unspecified atom stereocenters. The molecule has 0 radical (unpaired) electrons. The number of hydrogen-bond donors (Lipinski definition) is 2. The number of ether oxygens (including phenoxy) is 1. The van der Waals surface area contributed by atoms with Crippen molar-refractivity contribution in [2.24, 2.45) is 5.41 Å². The van der Waals surface area contributed by atoms with E-state index in [-0.39, 0.29) is 17.4 Å². The second-order valence-corrected chi connectivity index (χ2v) is 5.04. The van der Waals surface area contributed by atoms with Crippen LogP contribution in [0.25, 0.3) is 0 Å². The van der Waals surface area contributed by atoms with Crippen LogP contribution < -0.4 is 10.6 Å². The van der Waals surface area contributed by atoms with E-state index in [9.17, 15) is 4.79 Å². The van der Waals surface area contributed by atoms with E-state index in [1.807, 2.05) is 6.92 Å². The summed E-state index contributed by atoms with van der Waals surface area (Å²) in [5.41, 5.74) is 0.128. The molecule has 0 heterocycles. The van der Waals surface area contributed by atoms with Gasteiger partial charge in [-0.25, -0.2) is 0 Å². The Morgan fingerprint density at radius 2 is 2.18 bits per heavy atom. The van der Waals surface area contributed by atoms with Crippen molar-refractivity contribution in [3.63, 3.8) is 0 Å². The molecule has 2 N–H and O–H groups in total. The predicted octanol–water partition coefficient (Wildman–Crippen LogP) is 1.33. The molecule has 0 aromatic rings. The van der Waals surface area contributed by atoms with E-state index >= 15 is 0 Å². The molecule has 0 aromatic heterocycles. The lowest BCUT2D eigenvalue weighted by Gasteiger charge is -2.26. The highest BCUT2D eigenvalue weighted by molar-refractivity contribution is 5.81. The average Bonchev–Trinajstić information content (AvgIpc) is 2.30. The van der Waals surface area contributed by atoms with E-state index < -0.39 is 0 Å². The van der Waals surface area contributed by atoms with Gasteiger partial charge in [-0.2, -0.15) is 0 Å². The number of hydrogen-bond acceptors (Lipinski definition) is 3. The topological polar surface area (TPSA) is 50.4 Å². The smallest absolute Gasteiger partial charge is 0.237 e. The highest BCUT2D eigenvalue weighted by Crippen LogP contribution is 2.18. The van der Waals surface area contributed by atoms with Gasteiger partial charge in [0.05, 0.1) is 6.04 Å². The summed E-state index contributed by atoms with van der Waals surface area (Å²) in [6, 6.07) is -0.184. The van der Waals surface area contributed by atoms with E-state index in [1.54, 1.807) is 13.2 Å². The number of rotatable bonds is 9. The van der Waals surface area contributed by atoms with E-state index in [0.29, 0.717) is 6.54 Å². The van der Waals surface area contributed by atoms with Crippen LogP contribution in [-0.2, 0) is 9.53 Å². The molecular formula is C13H26N2O2. The summed E-state index contributed by atoms with van der Waals surface area (Å²) in [6.07, 6.45) is 2.64. The predicted molar refractivity (Wildman–Crippen MR) is 70.9 cm³/mol. The zero-order chi connectivity index (χ0) is 13.3. The van der Waals surface area contributed by atoms with Gasteiger partial charge in [0.15, 0.2) is 0 Å². The van der Waals surface area contributed by atoms with E-state index in [1.165, 1.54) is 0 Å². The van der Waals surface area contributed by atoms with Crippen molar-refractivity contribution < 1.29 is 9.53 Å². The van der Waals surface area contributed by atoms with Crippen molar-refractivity contribution in [1.29, 1.82) is 0 Å². The summed E-state index contributed by atoms with van der Waals surface area (Å²) in [5.74, 6) is 0.00689. The Morgan fingerprint density at radius 1 is 1.53 bits per heavy atom. The minimum absolute atomic E-state index is 0.00689. The van der Waals surface area contributed by atoms with Crippen LogP contribution in [0.15, 0.2) is 12.7 Å². The number of methoxy groups -OCH3 is 1. The Morgan fingerprint density at radius 3 is 2.71 bits per heavy atom. The maximum absolute atomic E-state index is 11.6. The summed E-state index contributed by atoms with van der Waals surface area (Å²) in [4.78, 5) is 11.6. The summed E-state index contributed by atoms with van der Waals surface area (Å²) in [5, 5.41) is 6.01. The van der Waals surface area contributed by atoms with Gasteiger partial charge in [-0.05, 0) is 18.8 Å². The molecule has 0 aliphatic rings. The summed E-state index contributed by atoms with van der Waals surface area (Å²) < 4.78 is 5.07. The highest BCUT2D eigenvalue weighted by Gasteiger charge is 2.20. The second kappa shape index (κ2) is 8.25. The van der Waals surface area contributed by atoms with Gasteiger partial charge in [0.2, 0.25) is 5.91 Å². The van der Waals surface area contributed by atoms with Crippen LogP contribution in [0.3, 0.4) is 0 Å². The maximum Gasteiger partial charge on any atom is 0.237 e. The van der Waals surface area contributed by atoms with E-state index in [0.717, 1.165) is 19.6 Å². The lowest BCUT2D eigenvalue weighted by molar-refractivity contribution is -0.122. The Kier molecular flexibility index (Phi) is 7.83. The fraction of sp³-hybridized carbons (Fsp3) is 0.769. The van der Waals surface area contributed by atoms with Crippen LogP contribution in [0.5, 0.6) is 0 Å². The van der Waals surface area contributed by atoms with E-state index in [4.69, 9.17) is 4.74 Å². The molecule has 1 atom stereocenters. The molecule has 100 valence electrons. The summed E-state index contributed by atoms with van der Waals surface area (Å²) in [6.45, 7) is 11.8. The monoisotopic (exact) mass is 242 g/mol. The quantitative estimate of drug-likeness (QED) is 0.600. The zero-order valence-electron chi connectivity index (χ0n) is 11.5. The first-order chi connectivity index (χ1) is 7.93. The van der Waals surface area contributed by atoms with Gasteiger partial charge < -0.3 is 15.4 Å². The number of amides is 1. The van der Waals surface area contributed by atoms with Crippen LogP contribution in [0.2, 0.25) is 0 Å². The van der Waals surface area contributed by atoms with Crippen LogP contribution >= 0.6 is 0 Å². The Balaban J connectivity index is 3.92. The first-order valence-corrected chi connectivity index (χ1v) is 6.04. The van der Waals surface area contributed by atoms with Crippen LogP contribution in [0.4, 0.5) is 0 Å². The van der Waals surface area contributed by atoms with Crippen molar-refractivity contribution in [2.45, 2.75) is 33.2 Å². The zero-order valence-corrected chi connectivity index (χ0v) is 11.5. The highest BCUT2D eigenvalue weighted by atomic mass is 16.5. The Hall–Kier alpha value is -0.870. The third kappa shape index (κ3) is 7.94. The fourth-order valence-electron chi connectivity index (χ4n) is 1.31. The third-order valence-corrected chi connectivity index (χ3v) is 2.68. The van der Waals surface area contributed by atoms with Crippen molar-refractivity contribution in [3.8, 4) is 0 Å². The molecule has 1 amide bonds. The molecule has 0 bridgehead atoms. The molecular weight excluding hydrogens is 216 g/mol. The van der Waals surface area contributed by atoms with Gasteiger partial charge in [-0.3, -0.25) is 4.79 Å². The third-order valence-electron chi connectivity index (χ3n) is 2.68. The first-order valence-electron chi connectivity index (χ1n) is 6.04. The molecule has 0 fully saturated rings. The molecule has 17 heavy (non-hydrogen) atoms. The van der Waals surface area contributed by atoms with Crippen LogP contribution in [0, 0.1) is 5.41 Å². The Bertz CT molecular complexity index is 240. The summed E-state index contributed by atoms with van der Waals surface area (Å²) in [7, 11) is 1.70. The van der Waals surface area contributed by atoms with Crippen molar-refractivity contribution in [2.75, 3.05) is 26.8 Å². The molecule has 4 heteroatoms. The molecule has 0 spiro atoms. The average molecular weight is 242 g/mol. The Labute approximate surface area is 105 Å². The largest absolute Gasteiger partial charge is 0.385 e. The summed E-state index contributed by atoms with van der Waals surface area (Å²) >= 11 is 0. The normalized spacial score (nSPS) is 13.2. The molecule has 0 saturated heterocycles. The van der Waals surface area contributed by atoms with Crippen molar-refractivity contribution in [3.05, 3.63) is 12.7 Å². The molecule has 0 saturated carbocycles. The van der Waals surface area contributed by atoms with Crippen molar-refractivity contribution in [1.82, 2.24) is 10.6 Å². The number of carbonyl (C=O) groups excluding carboxylic acids is 1. The minimum atomic E-state index is -0.184. The fourth-order valence-corrected chi connectivity index (χ4v) is 1.31. The SMILES string of the molecule is C=CCNC(=O)C(C)NCC(C)(C)CCOC. The molecule has 0 aromatic carbocycles. The lowest BCUT2D eigenvalue weighted by Crippen LogP contribution is -2.45. The standard InChI is InChI=1S/C13H26N2O2/c1-6-8-14-12(16)11(2)15-10-13(3,4)7-9-17-5/h6,11,15H,1,7-10H2,2-5H3,(H,14,16). The van der Waals surface area contributed by atoms with Crippen LogP contribution in [0.1, 0.15) is 27.2 Å². The van der Waals surface area contributed by atoms with Gasteiger partial charge in [0.1, 0.15) is 0 Å². The van der Waals surface area contributed by atoms with Crippen LogP contribution in [-0.4, -0.2) is 38.8 Å². The van der Waals surface area contributed by atoms with Gasteiger partial charge >= 0.3 is 0 Å². The number of carbonyl (C=O) groups is 1. The molecule has 4 nitrogen and oxygen atoms in total. The van der Waals surface area contributed by atoms with E-state index in [2.05, 4.69) is 31.1 Å². The van der Waals surface area contributed by atoms with Gasteiger partial charge in [-0.15, -0.1) is 6.58 Å². The van der Waals surface area contributed by atoms with Gasteiger partial charge in [-0.1, -0.05) is 19.9 Å². The molecule has 0 aliphatic heterocycles. The van der Waals surface area contributed by atoms with Gasteiger partial charge in [0.25, 0.3) is 0 Å². The number of nitrogens with one attached hydrogen (secondary N) is 2. The van der Waals surface area contributed by atoms with Gasteiger partial charge in [0, 0.05) is 26.8 Å². The lowest BCUT2D eigenvalue weighted by atomic mass is 9.89. The molecule has 0 rings (SSSR count). The van der Waals surface area contributed by atoms with Crippen molar-refractivity contribution >= 4 is 5.91 Å². The maximum atomic E-state index is 11.6. The second-order valence-electron chi connectivity index (χ2n) is 5.04. The molecule has 0 aliphatic carbocycles. The minimum Gasteiger partial charge on any atom is -0.385 e. The first kappa shape index (κ1) is 16.1.